The molecule has 0 radical (unpaired) electrons. The average Bonchev–Trinajstić information content (AvgIpc) is 2.03. The van der Waals surface area contributed by atoms with Gasteiger partial charge >= 0.3 is 0 Å². The SMILES string of the molecule is CC(C)NCc1ccc(F)cc1.Cl. The van der Waals surface area contributed by atoms with Crippen molar-refractivity contribution in [2.75, 3.05) is 0 Å². The van der Waals surface area contributed by atoms with E-state index in [2.05, 4.69) is 19.2 Å². The van der Waals surface area contributed by atoms with Crippen LogP contribution in [0.1, 0.15) is 19.4 Å². The van der Waals surface area contributed by atoms with Crippen LogP contribution in [-0.2, 0) is 6.54 Å². The van der Waals surface area contributed by atoms with Crippen LogP contribution in [-0.4, -0.2) is 6.04 Å². The van der Waals surface area contributed by atoms with Crippen molar-refractivity contribution in [3.8, 4) is 0 Å². The normalized spacial score (nSPS) is 9.85. The predicted molar refractivity (Wildman–Crippen MR) is 55.6 cm³/mol. The fourth-order valence-electron chi connectivity index (χ4n) is 0.924. The second-order valence-corrected chi connectivity index (χ2v) is 3.16. The molecule has 0 atom stereocenters. The third-order valence-corrected chi connectivity index (χ3v) is 1.63. The van der Waals surface area contributed by atoms with Crippen LogP contribution in [0.3, 0.4) is 0 Å². The van der Waals surface area contributed by atoms with Gasteiger partial charge in [-0.2, -0.15) is 0 Å². The Hall–Kier alpha value is -0.600. The summed E-state index contributed by atoms with van der Waals surface area (Å²) in [5, 5.41) is 3.26. The molecule has 0 aliphatic heterocycles. The maximum absolute atomic E-state index is 12.5. The van der Waals surface area contributed by atoms with Gasteiger partial charge in [-0.25, -0.2) is 4.39 Å². The fraction of sp³-hybridized carbons (Fsp3) is 0.400. The predicted octanol–water partition coefficient (Wildman–Crippen LogP) is 2.75. The summed E-state index contributed by atoms with van der Waals surface area (Å²) < 4.78 is 12.5. The zero-order valence-corrected chi connectivity index (χ0v) is 8.70. The van der Waals surface area contributed by atoms with Gasteiger partial charge in [0.1, 0.15) is 5.82 Å². The van der Waals surface area contributed by atoms with Crippen LogP contribution in [0.5, 0.6) is 0 Å². The topological polar surface area (TPSA) is 12.0 Å². The van der Waals surface area contributed by atoms with Gasteiger partial charge in [-0.3, -0.25) is 0 Å². The Morgan fingerprint density at radius 3 is 2.23 bits per heavy atom. The summed E-state index contributed by atoms with van der Waals surface area (Å²) in [5.74, 6) is -0.178. The van der Waals surface area contributed by atoms with E-state index in [9.17, 15) is 4.39 Å². The van der Waals surface area contributed by atoms with Crippen molar-refractivity contribution >= 4 is 12.4 Å². The van der Waals surface area contributed by atoms with Gasteiger partial charge in [0.05, 0.1) is 0 Å². The molecule has 0 saturated heterocycles. The molecule has 0 aromatic heterocycles. The smallest absolute Gasteiger partial charge is 0.123 e. The van der Waals surface area contributed by atoms with Crippen LogP contribution in [0.4, 0.5) is 4.39 Å². The van der Waals surface area contributed by atoms with Gasteiger partial charge in [0.15, 0.2) is 0 Å². The average molecular weight is 204 g/mol. The first-order valence-corrected chi connectivity index (χ1v) is 4.16. The van der Waals surface area contributed by atoms with Crippen molar-refractivity contribution in [2.24, 2.45) is 0 Å². The van der Waals surface area contributed by atoms with Gasteiger partial charge in [0.2, 0.25) is 0 Å². The summed E-state index contributed by atoms with van der Waals surface area (Å²) in [4.78, 5) is 0. The van der Waals surface area contributed by atoms with E-state index in [0.717, 1.165) is 12.1 Å². The summed E-state index contributed by atoms with van der Waals surface area (Å²) in [6.45, 7) is 4.98. The van der Waals surface area contributed by atoms with Crippen LogP contribution >= 0.6 is 12.4 Å². The molecule has 0 bridgehead atoms. The van der Waals surface area contributed by atoms with Crippen molar-refractivity contribution in [3.05, 3.63) is 35.6 Å². The third-order valence-electron chi connectivity index (χ3n) is 1.63. The molecule has 0 unspecified atom stereocenters. The molecule has 1 rings (SSSR count). The fourth-order valence-corrected chi connectivity index (χ4v) is 0.924. The third kappa shape index (κ3) is 4.86. The first-order valence-electron chi connectivity index (χ1n) is 4.16. The van der Waals surface area contributed by atoms with E-state index >= 15 is 0 Å². The van der Waals surface area contributed by atoms with Crippen LogP contribution in [0, 0.1) is 5.82 Å². The van der Waals surface area contributed by atoms with Crippen molar-refractivity contribution in [3.63, 3.8) is 0 Å². The summed E-state index contributed by atoms with van der Waals surface area (Å²) in [6, 6.07) is 7.03. The van der Waals surface area contributed by atoms with E-state index in [4.69, 9.17) is 0 Å². The van der Waals surface area contributed by atoms with E-state index in [1.807, 2.05) is 0 Å². The second kappa shape index (κ2) is 5.95. The van der Waals surface area contributed by atoms with Gasteiger partial charge in [-0.15, -0.1) is 12.4 Å². The highest BCUT2D eigenvalue weighted by Crippen LogP contribution is 2.02. The van der Waals surface area contributed by atoms with Crippen LogP contribution < -0.4 is 5.32 Å². The lowest BCUT2D eigenvalue weighted by Gasteiger charge is -2.07. The minimum Gasteiger partial charge on any atom is -0.310 e. The molecule has 3 heteroatoms. The second-order valence-electron chi connectivity index (χ2n) is 3.16. The zero-order valence-electron chi connectivity index (χ0n) is 7.88. The van der Waals surface area contributed by atoms with Gasteiger partial charge in [0.25, 0.3) is 0 Å². The molecule has 1 aromatic carbocycles. The molecular formula is C10H15ClFN. The van der Waals surface area contributed by atoms with Gasteiger partial charge in [0, 0.05) is 12.6 Å². The van der Waals surface area contributed by atoms with E-state index in [1.165, 1.54) is 12.1 Å². The Labute approximate surface area is 84.8 Å². The first kappa shape index (κ1) is 12.4. The maximum atomic E-state index is 12.5. The van der Waals surface area contributed by atoms with Crippen molar-refractivity contribution in [1.82, 2.24) is 5.32 Å². The zero-order chi connectivity index (χ0) is 8.97. The molecule has 0 aliphatic carbocycles. The van der Waals surface area contributed by atoms with Crippen molar-refractivity contribution < 1.29 is 4.39 Å². The summed E-state index contributed by atoms with van der Waals surface area (Å²) >= 11 is 0. The number of halogens is 2. The minimum atomic E-state index is -0.178. The molecule has 0 aliphatic rings. The summed E-state index contributed by atoms with van der Waals surface area (Å²) in [6.07, 6.45) is 0. The summed E-state index contributed by atoms with van der Waals surface area (Å²) in [5.41, 5.74) is 1.12. The van der Waals surface area contributed by atoms with Crippen molar-refractivity contribution in [2.45, 2.75) is 26.4 Å². The van der Waals surface area contributed by atoms with Gasteiger partial charge < -0.3 is 5.32 Å². The number of benzene rings is 1. The number of rotatable bonds is 3. The molecule has 0 amide bonds. The lowest BCUT2D eigenvalue weighted by atomic mass is 10.2. The molecule has 0 heterocycles. The van der Waals surface area contributed by atoms with E-state index in [0.29, 0.717) is 6.04 Å². The highest BCUT2D eigenvalue weighted by atomic mass is 35.5. The van der Waals surface area contributed by atoms with Crippen LogP contribution in [0.15, 0.2) is 24.3 Å². The maximum Gasteiger partial charge on any atom is 0.123 e. The molecule has 1 aromatic rings. The highest BCUT2D eigenvalue weighted by Gasteiger charge is 1.94. The Kier molecular flexibility index (Phi) is 5.67. The Bertz CT molecular complexity index is 233. The molecular weight excluding hydrogens is 189 g/mol. The quantitative estimate of drug-likeness (QED) is 0.797. The molecule has 0 saturated carbocycles. The van der Waals surface area contributed by atoms with Gasteiger partial charge in [-0.05, 0) is 17.7 Å². The Balaban J connectivity index is 0.00000144. The van der Waals surface area contributed by atoms with E-state index in [1.54, 1.807) is 12.1 Å². The number of nitrogens with one attached hydrogen (secondary N) is 1. The molecule has 0 fully saturated rings. The van der Waals surface area contributed by atoms with Crippen LogP contribution in [0.2, 0.25) is 0 Å². The highest BCUT2D eigenvalue weighted by molar-refractivity contribution is 5.85. The van der Waals surface area contributed by atoms with Gasteiger partial charge in [-0.1, -0.05) is 26.0 Å². The minimum absolute atomic E-state index is 0. The van der Waals surface area contributed by atoms with E-state index in [-0.39, 0.29) is 18.2 Å². The number of hydrogen-bond donors (Lipinski definition) is 1. The number of hydrogen-bond acceptors (Lipinski definition) is 1. The molecule has 1 N–H and O–H groups in total. The first-order chi connectivity index (χ1) is 5.68. The Morgan fingerprint density at radius 1 is 1.23 bits per heavy atom. The van der Waals surface area contributed by atoms with E-state index < -0.39 is 0 Å². The molecule has 1 nitrogen and oxygen atoms in total. The molecule has 0 spiro atoms. The van der Waals surface area contributed by atoms with Crippen molar-refractivity contribution in [1.29, 1.82) is 0 Å². The van der Waals surface area contributed by atoms with Crippen LogP contribution in [0.25, 0.3) is 0 Å². The lowest BCUT2D eigenvalue weighted by molar-refractivity contribution is 0.586. The summed E-state index contributed by atoms with van der Waals surface area (Å²) in [7, 11) is 0. The molecule has 13 heavy (non-hydrogen) atoms. The Morgan fingerprint density at radius 2 is 1.77 bits per heavy atom. The largest absolute Gasteiger partial charge is 0.310 e. The standard InChI is InChI=1S/C10H14FN.ClH/c1-8(2)12-7-9-3-5-10(11)6-4-9;/h3-6,8,12H,7H2,1-2H3;1H. The lowest BCUT2D eigenvalue weighted by Crippen LogP contribution is -2.21. The molecule has 74 valence electrons. The monoisotopic (exact) mass is 203 g/mol.